The van der Waals surface area contributed by atoms with Crippen molar-refractivity contribution in [3.63, 3.8) is 0 Å². The van der Waals surface area contributed by atoms with E-state index in [4.69, 9.17) is 0 Å². The lowest BCUT2D eigenvalue weighted by Crippen LogP contribution is -1.85. The van der Waals surface area contributed by atoms with Crippen LogP contribution in [0.1, 0.15) is 110 Å². The maximum Gasteiger partial charge on any atom is 0.0949 e. The molecule has 0 fully saturated rings. The quantitative estimate of drug-likeness (QED) is 0.130. The van der Waals surface area contributed by atoms with Gasteiger partial charge in [-0.3, -0.25) is 0 Å². The van der Waals surface area contributed by atoms with Crippen LogP contribution in [0.15, 0.2) is 52.4 Å². The van der Waals surface area contributed by atoms with E-state index in [1.165, 1.54) is 102 Å². The van der Waals surface area contributed by atoms with Gasteiger partial charge in [-0.25, -0.2) is 4.99 Å². The Balaban J connectivity index is 1.39. The van der Waals surface area contributed by atoms with Crippen molar-refractivity contribution >= 4 is 22.5 Å². The third-order valence-electron chi connectivity index (χ3n) is 6.13. The normalized spacial score (nSPS) is 10.9. The van der Waals surface area contributed by atoms with Crippen molar-refractivity contribution in [2.75, 3.05) is 6.54 Å². The second-order valence-corrected chi connectivity index (χ2v) is 8.90. The van der Waals surface area contributed by atoms with E-state index < -0.39 is 0 Å². The molecule has 2 nitrogen and oxygen atoms in total. The summed E-state index contributed by atoms with van der Waals surface area (Å²) in [4.78, 5) is 8.79. The first-order valence-corrected chi connectivity index (χ1v) is 13.0. The molecule has 0 aliphatic carbocycles. The third-order valence-corrected chi connectivity index (χ3v) is 6.13. The van der Waals surface area contributed by atoms with Crippen molar-refractivity contribution in [1.29, 1.82) is 0 Å². The second kappa shape index (κ2) is 17.7. The Morgan fingerprint density at radius 2 is 1.10 bits per heavy atom. The molecule has 0 bridgehead atoms. The molecule has 0 aromatic heterocycles. The molecule has 0 aliphatic rings. The molecule has 0 aliphatic heterocycles. The predicted octanol–water partition coefficient (Wildman–Crippen LogP) is 9.91. The molecule has 0 saturated carbocycles. The highest BCUT2D eigenvalue weighted by Gasteiger charge is 1.97. The summed E-state index contributed by atoms with van der Waals surface area (Å²) in [5, 5.41) is 2.37. The van der Waals surface area contributed by atoms with E-state index in [0.717, 1.165) is 24.0 Å². The molecule has 2 heteroatoms. The summed E-state index contributed by atoms with van der Waals surface area (Å²) in [6, 6.07) is 17.4. The minimum Gasteiger partial charge on any atom is -0.225 e. The highest BCUT2D eigenvalue weighted by Crippen LogP contribution is 2.24. The molecule has 0 atom stereocenters. The van der Waals surface area contributed by atoms with E-state index in [9.17, 15) is 0 Å². The van der Waals surface area contributed by atoms with E-state index in [2.05, 4.69) is 53.2 Å². The number of nitrogens with zero attached hydrogens (tertiary/aromatic N) is 2. The molecule has 0 amide bonds. The fraction of sp³-hybridized carbons (Fsp3) is 0.621. The smallest absolute Gasteiger partial charge is 0.0949 e. The van der Waals surface area contributed by atoms with Gasteiger partial charge in [-0.15, -0.1) is 0 Å². The summed E-state index contributed by atoms with van der Waals surface area (Å²) in [5.41, 5.74) is 0.953. The average molecular weight is 422 g/mol. The Hall–Kier alpha value is -1.92. The molecule has 0 radical (unpaired) electrons. The van der Waals surface area contributed by atoms with E-state index in [-0.39, 0.29) is 0 Å². The molecule has 170 valence electrons. The van der Waals surface area contributed by atoms with Crippen molar-refractivity contribution in [2.24, 2.45) is 9.98 Å². The Labute approximate surface area is 191 Å². The van der Waals surface area contributed by atoms with Crippen LogP contribution in [0, 0.1) is 0 Å². The van der Waals surface area contributed by atoms with Crippen LogP contribution in [0.4, 0.5) is 5.69 Å². The zero-order valence-electron chi connectivity index (χ0n) is 20.0. The van der Waals surface area contributed by atoms with Crippen LogP contribution < -0.4 is 0 Å². The van der Waals surface area contributed by atoms with Crippen molar-refractivity contribution < 1.29 is 0 Å². The topological polar surface area (TPSA) is 24.7 Å². The summed E-state index contributed by atoms with van der Waals surface area (Å²) in [5.74, 6) is 0. The van der Waals surface area contributed by atoms with Crippen molar-refractivity contribution in [1.82, 2.24) is 0 Å². The standard InChI is InChI=1S/C29H44N2/c1-2-3-4-5-6-7-8-9-10-11-12-13-14-15-16-19-25-30-26-31-29-24-20-22-27-21-17-18-23-28(27)29/h17-18,20-24H,2-16,19,25H2,1H3/i31+1. The Morgan fingerprint density at radius 3 is 1.71 bits per heavy atom. The summed E-state index contributed by atoms with van der Waals surface area (Å²) in [6.07, 6.45) is 22.4. The van der Waals surface area contributed by atoms with Gasteiger partial charge in [0.25, 0.3) is 0 Å². The Morgan fingerprint density at radius 1 is 0.581 bits per heavy atom. The number of benzene rings is 2. The Kier molecular flexibility index (Phi) is 14.5. The molecular formula is C29H44N2. The largest absolute Gasteiger partial charge is 0.225 e. The maximum absolute atomic E-state index is 4.43. The predicted molar refractivity (Wildman–Crippen MR) is 138 cm³/mol. The van der Waals surface area contributed by atoms with Gasteiger partial charge in [0.05, 0.1) is 11.7 Å². The first-order valence-electron chi connectivity index (χ1n) is 13.0. The first kappa shape index (κ1) is 25.3. The third kappa shape index (κ3) is 11.9. The van der Waals surface area contributed by atoms with Gasteiger partial charge in [-0.1, -0.05) is 140 Å². The van der Waals surface area contributed by atoms with Crippen molar-refractivity contribution in [3.8, 4) is 0 Å². The number of unbranched alkanes of at least 4 members (excludes halogenated alkanes) is 15. The van der Waals surface area contributed by atoms with Crippen LogP contribution >= 0.6 is 0 Å². The van der Waals surface area contributed by atoms with Crippen LogP contribution in [0.5, 0.6) is 0 Å². The van der Waals surface area contributed by atoms with Gasteiger partial charge in [-0.2, -0.15) is 4.99 Å². The second-order valence-electron chi connectivity index (χ2n) is 8.90. The summed E-state index contributed by atoms with van der Waals surface area (Å²) in [7, 11) is 0. The molecule has 0 saturated heterocycles. The van der Waals surface area contributed by atoms with Gasteiger partial charge >= 0.3 is 0 Å². The molecule has 2 aromatic carbocycles. The number of hydrogen-bond donors (Lipinski definition) is 0. The number of fused-ring (bicyclic) bond motifs is 1. The molecule has 0 heterocycles. The van der Waals surface area contributed by atoms with Crippen LogP contribution in [-0.2, 0) is 0 Å². The van der Waals surface area contributed by atoms with Gasteiger partial charge in [0, 0.05) is 11.9 Å². The van der Waals surface area contributed by atoms with Gasteiger partial charge < -0.3 is 0 Å². The van der Waals surface area contributed by atoms with Crippen LogP contribution in [0.2, 0.25) is 0 Å². The SMILES string of the molecule is CCCCCCCCCCCCCCCCCCN=C=[15N]c1cccc2ccccc12. The lowest BCUT2D eigenvalue weighted by Gasteiger charge is -2.03. The van der Waals surface area contributed by atoms with E-state index >= 15 is 0 Å². The van der Waals surface area contributed by atoms with E-state index in [1.807, 2.05) is 12.1 Å². The molecule has 2 aromatic rings. The lowest BCUT2D eigenvalue weighted by atomic mass is 10.0. The molecule has 0 unspecified atom stereocenters. The molecule has 0 spiro atoms. The first-order chi connectivity index (χ1) is 15.4. The minimum atomic E-state index is 0.840. The number of aliphatic imine (C=N–C) groups is 2. The van der Waals surface area contributed by atoms with Gasteiger partial charge in [0.1, 0.15) is 0 Å². The molecule has 0 N–H and O–H groups in total. The van der Waals surface area contributed by atoms with Gasteiger partial charge in [0.15, 0.2) is 0 Å². The average Bonchev–Trinajstić information content (AvgIpc) is 2.80. The molecule has 2 rings (SSSR count). The van der Waals surface area contributed by atoms with Crippen molar-refractivity contribution in [3.05, 3.63) is 42.5 Å². The fourth-order valence-corrected chi connectivity index (χ4v) is 4.18. The van der Waals surface area contributed by atoms with Crippen LogP contribution in [0.3, 0.4) is 0 Å². The van der Waals surface area contributed by atoms with Crippen LogP contribution in [-0.4, -0.2) is 12.6 Å². The summed E-state index contributed by atoms with van der Waals surface area (Å²) in [6.45, 7) is 3.13. The highest BCUT2D eigenvalue weighted by atomic mass is 15.5. The highest BCUT2D eigenvalue weighted by molar-refractivity contribution is 5.93. The zero-order chi connectivity index (χ0) is 21.8. The summed E-state index contributed by atoms with van der Waals surface area (Å²) >= 11 is 0. The number of hydrogen-bond acceptors (Lipinski definition) is 2. The van der Waals surface area contributed by atoms with E-state index in [0.29, 0.717) is 0 Å². The monoisotopic (exact) mass is 421 g/mol. The molecular weight excluding hydrogens is 377 g/mol. The Bertz CT molecular complexity index is 753. The van der Waals surface area contributed by atoms with Gasteiger partial charge in [0.2, 0.25) is 0 Å². The van der Waals surface area contributed by atoms with Gasteiger partial charge in [-0.05, 0) is 17.9 Å². The van der Waals surface area contributed by atoms with Crippen molar-refractivity contribution in [2.45, 2.75) is 110 Å². The summed E-state index contributed by atoms with van der Waals surface area (Å²) < 4.78 is 0. The van der Waals surface area contributed by atoms with Crippen LogP contribution in [0.25, 0.3) is 10.8 Å². The number of rotatable bonds is 18. The van der Waals surface area contributed by atoms with E-state index in [1.54, 1.807) is 0 Å². The molecule has 31 heavy (non-hydrogen) atoms. The lowest BCUT2D eigenvalue weighted by molar-refractivity contribution is 0.530. The minimum absolute atomic E-state index is 0.840. The zero-order valence-corrected chi connectivity index (χ0v) is 20.0. The fourth-order valence-electron chi connectivity index (χ4n) is 4.18. The maximum atomic E-state index is 4.43.